The van der Waals surface area contributed by atoms with E-state index in [0.29, 0.717) is 18.8 Å². The molecule has 1 atom stereocenters. The smallest absolute Gasteiger partial charge is 0.317 e. The zero-order valence-corrected chi connectivity index (χ0v) is 16.7. The van der Waals surface area contributed by atoms with Crippen LogP contribution < -0.4 is 10.1 Å². The van der Waals surface area contributed by atoms with Crippen LogP contribution in [0.25, 0.3) is 0 Å². The number of phenolic OH excluding ortho intramolecular Hbond substituents is 1. The Morgan fingerprint density at radius 3 is 2.37 bits per heavy atom. The van der Waals surface area contributed by atoms with Crippen LogP contribution in [0.5, 0.6) is 11.5 Å². The van der Waals surface area contributed by atoms with Crippen molar-refractivity contribution in [2.45, 2.75) is 19.5 Å². The van der Waals surface area contributed by atoms with Crippen LogP contribution in [0.4, 0.5) is 4.79 Å². The number of ether oxygens (including phenoxy) is 1. The van der Waals surface area contributed by atoms with Gasteiger partial charge in [0, 0.05) is 20.1 Å². The lowest BCUT2D eigenvalue weighted by atomic mass is 10.0. The largest absolute Gasteiger partial charge is 0.504 e. The van der Waals surface area contributed by atoms with Gasteiger partial charge in [-0.1, -0.05) is 35.9 Å². The molecule has 146 valence electrons. The average molecular weight is 371 g/mol. The van der Waals surface area contributed by atoms with Crippen molar-refractivity contribution in [3.05, 3.63) is 59.2 Å². The van der Waals surface area contributed by atoms with E-state index in [1.165, 1.54) is 12.7 Å². The molecule has 2 aromatic carbocycles. The molecule has 0 aliphatic heterocycles. The third kappa shape index (κ3) is 5.62. The van der Waals surface area contributed by atoms with E-state index in [2.05, 4.69) is 41.4 Å². The highest BCUT2D eigenvalue weighted by Gasteiger charge is 2.17. The molecule has 1 unspecified atom stereocenters. The SMILES string of the molecule is COc1ccc(CN(C)C(=O)NCC(c2ccc(C)cc2)N(C)C)cc1O. The van der Waals surface area contributed by atoms with E-state index in [0.717, 1.165) is 11.1 Å². The lowest BCUT2D eigenvalue weighted by Gasteiger charge is -2.27. The van der Waals surface area contributed by atoms with E-state index < -0.39 is 0 Å². The summed E-state index contributed by atoms with van der Waals surface area (Å²) in [7, 11) is 7.23. The number of methoxy groups -OCH3 is 1. The fourth-order valence-corrected chi connectivity index (χ4v) is 2.89. The standard InChI is InChI=1S/C21H29N3O3/c1-15-6-9-17(10-7-15)18(23(2)3)13-22-21(26)24(4)14-16-8-11-20(27-5)19(25)12-16/h6-12,18,25H,13-14H2,1-5H3,(H,22,26). The minimum absolute atomic E-state index is 0.0656. The topological polar surface area (TPSA) is 65.0 Å². The van der Waals surface area contributed by atoms with E-state index in [-0.39, 0.29) is 17.8 Å². The van der Waals surface area contributed by atoms with Crippen LogP contribution in [0.1, 0.15) is 22.7 Å². The second kappa shape index (κ2) is 9.28. The van der Waals surface area contributed by atoms with Gasteiger partial charge in [-0.3, -0.25) is 0 Å². The first-order valence-electron chi connectivity index (χ1n) is 8.89. The lowest BCUT2D eigenvalue weighted by Crippen LogP contribution is -2.41. The van der Waals surface area contributed by atoms with Crippen molar-refractivity contribution in [2.24, 2.45) is 0 Å². The Morgan fingerprint density at radius 2 is 1.81 bits per heavy atom. The Morgan fingerprint density at radius 1 is 1.15 bits per heavy atom. The van der Waals surface area contributed by atoms with Crippen LogP contribution in [0, 0.1) is 6.92 Å². The number of hydrogen-bond acceptors (Lipinski definition) is 4. The van der Waals surface area contributed by atoms with Crippen molar-refractivity contribution in [3.63, 3.8) is 0 Å². The number of nitrogens with one attached hydrogen (secondary N) is 1. The van der Waals surface area contributed by atoms with Gasteiger partial charge in [-0.15, -0.1) is 0 Å². The summed E-state index contributed by atoms with van der Waals surface area (Å²) in [4.78, 5) is 16.2. The normalized spacial score (nSPS) is 11.9. The monoisotopic (exact) mass is 371 g/mol. The number of urea groups is 1. The molecule has 2 aromatic rings. The van der Waals surface area contributed by atoms with Gasteiger partial charge < -0.3 is 25.0 Å². The molecule has 0 aromatic heterocycles. The molecular weight excluding hydrogens is 342 g/mol. The first kappa shape index (κ1) is 20.6. The summed E-state index contributed by atoms with van der Waals surface area (Å²) in [5, 5.41) is 12.9. The molecule has 0 aliphatic rings. The maximum Gasteiger partial charge on any atom is 0.317 e. The maximum absolute atomic E-state index is 12.5. The van der Waals surface area contributed by atoms with Crippen LogP contribution in [0.2, 0.25) is 0 Å². The van der Waals surface area contributed by atoms with Crippen molar-refractivity contribution in [3.8, 4) is 11.5 Å². The number of carbonyl (C=O) groups excluding carboxylic acids is 1. The van der Waals surface area contributed by atoms with E-state index in [1.807, 2.05) is 20.2 Å². The highest BCUT2D eigenvalue weighted by molar-refractivity contribution is 5.74. The number of nitrogens with zero attached hydrogens (tertiary/aromatic N) is 2. The van der Waals surface area contributed by atoms with Gasteiger partial charge in [-0.2, -0.15) is 0 Å². The van der Waals surface area contributed by atoms with Crippen LogP contribution in [0.3, 0.4) is 0 Å². The number of hydrogen-bond donors (Lipinski definition) is 2. The number of likely N-dealkylation sites (N-methyl/N-ethyl adjacent to an activating group) is 1. The van der Waals surface area contributed by atoms with Crippen LogP contribution in [-0.2, 0) is 6.54 Å². The average Bonchev–Trinajstić information content (AvgIpc) is 2.63. The minimum Gasteiger partial charge on any atom is -0.504 e. The number of rotatable bonds is 7. The Labute approximate surface area is 161 Å². The molecule has 6 heteroatoms. The molecule has 0 saturated carbocycles. The Hall–Kier alpha value is -2.73. The molecule has 0 spiro atoms. The molecule has 0 heterocycles. The van der Waals surface area contributed by atoms with Crippen LogP contribution >= 0.6 is 0 Å². The van der Waals surface area contributed by atoms with Gasteiger partial charge in [-0.05, 0) is 44.3 Å². The minimum atomic E-state index is -0.163. The van der Waals surface area contributed by atoms with Crippen molar-refractivity contribution in [1.29, 1.82) is 0 Å². The second-order valence-corrected chi connectivity index (χ2v) is 6.94. The predicted molar refractivity (Wildman–Crippen MR) is 107 cm³/mol. The number of aryl methyl sites for hydroxylation is 1. The highest BCUT2D eigenvalue weighted by atomic mass is 16.5. The van der Waals surface area contributed by atoms with Gasteiger partial charge in [0.15, 0.2) is 11.5 Å². The first-order valence-corrected chi connectivity index (χ1v) is 8.89. The Balaban J connectivity index is 1.96. The van der Waals surface area contributed by atoms with E-state index in [9.17, 15) is 9.90 Å². The summed E-state index contributed by atoms with van der Waals surface area (Å²) in [5.41, 5.74) is 3.20. The van der Waals surface area contributed by atoms with Gasteiger partial charge in [0.2, 0.25) is 0 Å². The summed E-state index contributed by atoms with van der Waals surface area (Å²) in [6.07, 6.45) is 0. The summed E-state index contributed by atoms with van der Waals surface area (Å²) in [6, 6.07) is 13.4. The molecule has 0 bridgehead atoms. The lowest BCUT2D eigenvalue weighted by molar-refractivity contribution is 0.200. The number of amides is 2. The van der Waals surface area contributed by atoms with Crippen molar-refractivity contribution in [1.82, 2.24) is 15.1 Å². The Kier molecular flexibility index (Phi) is 7.07. The number of aromatic hydroxyl groups is 1. The van der Waals surface area contributed by atoms with Gasteiger partial charge in [-0.25, -0.2) is 4.79 Å². The molecule has 2 rings (SSSR count). The van der Waals surface area contributed by atoms with Crippen molar-refractivity contribution < 1.29 is 14.6 Å². The van der Waals surface area contributed by atoms with Gasteiger partial charge in [0.1, 0.15) is 0 Å². The third-order valence-corrected chi connectivity index (χ3v) is 4.54. The molecule has 0 aliphatic carbocycles. The summed E-state index contributed by atoms with van der Waals surface area (Å²) < 4.78 is 5.04. The molecule has 0 saturated heterocycles. The van der Waals surface area contributed by atoms with Gasteiger partial charge >= 0.3 is 6.03 Å². The second-order valence-electron chi connectivity index (χ2n) is 6.94. The van der Waals surface area contributed by atoms with Crippen molar-refractivity contribution in [2.75, 3.05) is 34.8 Å². The van der Waals surface area contributed by atoms with E-state index in [4.69, 9.17) is 4.74 Å². The number of carbonyl (C=O) groups is 1. The summed E-state index contributed by atoms with van der Waals surface area (Å²) >= 11 is 0. The number of benzene rings is 2. The van der Waals surface area contributed by atoms with Gasteiger partial charge in [0.05, 0.1) is 13.2 Å². The number of phenols is 1. The molecule has 0 fully saturated rings. The zero-order chi connectivity index (χ0) is 20.0. The highest BCUT2D eigenvalue weighted by Crippen LogP contribution is 2.26. The van der Waals surface area contributed by atoms with Gasteiger partial charge in [0.25, 0.3) is 0 Å². The van der Waals surface area contributed by atoms with E-state index in [1.54, 1.807) is 24.1 Å². The Bertz CT molecular complexity index is 760. The van der Waals surface area contributed by atoms with Crippen LogP contribution in [-0.4, -0.2) is 55.7 Å². The van der Waals surface area contributed by atoms with Crippen LogP contribution in [0.15, 0.2) is 42.5 Å². The third-order valence-electron chi connectivity index (χ3n) is 4.54. The molecule has 6 nitrogen and oxygen atoms in total. The summed E-state index contributed by atoms with van der Waals surface area (Å²) in [6.45, 7) is 2.95. The maximum atomic E-state index is 12.5. The predicted octanol–water partition coefficient (Wildman–Crippen LogP) is 3.15. The quantitative estimate of drug-likeness (QED) is 0.785. The first-order chi connectivity index (χ1) is 12.8. The fourth-order valence-electron chi connectivity index (χ4n) is 2.89. The molecule has 2 amide bonds. The van der Waals surface area contributed by atoms with Crippen molar-refractivity contribution >= 4 is 6.03 Å². The molecule has 0 radical (unpaired) electrons. The molecule has 2 N–H and O–H groups in total. The van der Waals surface area contributed by atoms with E-state index >= 15 is 0 Å². The summed E-state index contributed by atoms with van der Waals surface area (Å²) in [5.74, 6) is 0.480. The fraction of sp³-hybridized carbons (Fsp3) is 0.381. The molecule has 27 heavy (non-hydrogen) atoms. The molecular formula is C21H29N3O3. The zero-order valence-electron chi connectivity index (χ0n) is 16.7.